The number of aromatic nitrogens is 3. The number of ether oxygens (including phenoxy) is 1. The zero-order valence-electron chi connectivity index (χ0n) is 33.6. The number of hydrogen-bond donors (Lipinski definition) is 4. The number of likely N-dealkylation sites (N-methyl/N-ethyl adjacent to an activating group) is 1. The molecule has 2 aromatic carbocycles. The molecular weight excluding hydrogens is 796 g/mol. The normalized spacial score (nSPS) is 17.1. The fourth-order valence-electron chi connectivity index (χ4n) is 7.94. The van der Waals surface area contributed by atoms with Gasteiger partial charge in [-0.25, -0.2) is 4.98 Å². The molecule has 2 saturated heterocycles. The Labute approximate surface area is 350 Å². The minimum absolute atomic E-state index is 0.00169. The maximum Gasteiger partial charge on any atom is 0.293 e. The lowest BCUT2D eigenvalue weighted by Gasteiger charge is -2.43. The molecule has 2 aromatic heterocycles. The molecule has 0 saturated carbocycles. The first kappa shape index (κ1) is 42.0. The quantitative estimate of drug-likeness (QED) is 0.105. The average Bonchev–Trinajstić information content (AvgIpc) is 3.51. The average molecular weight is 843 g/mol. The number of β-amino-alcohol motifs (C(OH)–C–C–N with tert-alkyl or cyclic N) is 1. The fraction of sp³-hybridized carbons (Fsp3) is 0.415. The van der Waals surface area contributed by atoms with E-state index < -0.39 is 23.5 Å². The van der Waals surface area contributed by atoms with Crippen LogP contribution in [0.4, 0.5) is 23.1 Å². The van der Waals surface area contributed by atoms with Gasteiger partial charge >= 0.3 is 0 Å². The van der Waals surface area contributed by atoms with Crippen molar-refractivity contribution in [1.82, 2.24) is 35.0 Å². The van der Waals surface area contributed by atoms with Crippen LogP contribution >= 0.6 is 11.6 Å². The van der Waals surface area contributed by atoms with E-state index in [1.165, 1.54) is 24.9 Å². The summed E-state index contributed by atoms with van der Waals surface area (Å²) in [6.07, 6.45) is 3.06. The van der Waals surface area contributed by atoms with E-state index in [1.54, 1.807) is 37.4 Å². The summed E-state index contributed by atoms with van der Waals surface area (Å²) in [6.45, 7) is 3.54. The number of pyridine rings is 1. The molecule has 0 spiro atoms. The molecule has 19 heteroatoms. The van der Waals surface area contributed by atoms with Gasteiger partial charge in [0.2, 0.25) is 11.9 Å². The molecule has 3 aliphatic rings. The number of rotatable bonds is 14. The second-order valence-corrected chi connectivity index (χ2v) is 15.6. The number of imide groups is 1. The molecule has 0 bridgehead atoms. The predicted octanol–water partition coefficient (Wildman–Crippen LogP) is 1.69. The van der Waals surface area contributed by atoms with Gasteiger partial charge in [0.25, 0.3) is 23.3 Å². The van der Waals surface area contributed by atoms with E-state index in [2.05, 4.69) is 30.7 Å². The van der Waals surface area contributed by atoms with E-state index in [1.807, 2.05) is 17.0 Å². The van der Waals surface area contributed by atoms with E-state index in [9.17, 15) is 33.9 Å². The maximum atomic E-state index is 13.6. The highest BCUT2D eigenvalue weighted by Gasteiger charge is 2.43. The number of aliphatic hydroxyl groups is 1. The number of benzene rings is 2. The summed E-state index contributed by atoms with van der Waals surface area (Å²) in [5.41, 5.74) is 1.13. The van der Waals surface area contributed by atoms with E-state index in [4.69, 9.17) is 21.3 Å². The van der Waals surface area contributed by atoms with Crippen LogP contribution in [0, 0.1) is 0 Å². The Kier molecular flexibility index (Phi) is 12.3. The number of carbonyl (C=O) groups excluding carboxylic acids is 5. The molecule has 3 aliphatic heterocycles. The van der Waals surface area contributed by atoms with E-state index in [0.29, 0.717) is 104 Å². The molecule has 0 radical (unpaired) electrons. The molecule has 18 nitrogen and oxygen atoms in total. The molecule has 7 rings (SSSR count). The monoisotopic (exact) mass is 842 g/mol. The number of anilines is 4. The minimum Gasteiger partial charge on any atom is -0.478 e. The smallest absolute Gasteiger partial charge is 0.293 e. The molecule has 4 aromatic rings. The van der Waals surface area contributed by atoms with Crippen molar-refractivity contribution in [2.24, 2.45) is 7.05 Å². The molecule has 1 atom stereocenters. The number of piperazine rings is 1. The van der Waals surface area contributed by atoms with Crippen molar-refractivity contribution in [1.29, 1.82) is 0 Å². The Morgan fingerprint density at radius 3 is 2.40 bits per heavy atom. The van der Waals surface area contributed by atoms with Gasteiger partial charge in [-0.15, -0.1) is 0 Å². The third-order valence-electron chi connectivity index (χ3n) is 11.4. The van der Waals surface area contributed by atoms with E-state index in [-0.39, 0.29) is 53.7 Å². The van der Waals surface area contributed by atoms with Crippen molar-refractivity contribution >= 4 is 75.6 Å². The number of amides is 4. The van der Waals surface area contributed by atoms with Crippen LogP contribution in [-0.4, -0.2) is 138 Å². The summed E-state index contributed by atoms with van der Waals surface area (Å²) in [6, 6.07) is 11.1. The standard InChI is InChI=1S/C41H47ClN10O8/c1-43-33(54)10-8-27(22-53)52-37(56)28-5-4-6-31(35(28)39(52)58)50-17-15-49(16-18-50)24-41(59)11-13-51(14-12-41)40-45-21-29(42)36(47-40)46-26-7-9-30-25(19-26)20-32(38(57)48(30)3)60-23-34(55)44-2/h4-7,9,19-22,27,59H,8,10-18,23-24H2,1-3H3,(H,43,54)(H,44,55)(H,45,46,47). The summed E-state index contributed by atoms with van der Waals surface area (Å²) < 4.78 is 6.94. The van der Waals surface area contributed by atoms with Crippen LogP contribution in [0.15, 0.2) is 53.5 Å². The van der Waals surface area contributed by atoms with Crippen LogP contribution < -0.4 is 36.0 Å². The number of fused-ring (bicyclic) bond motifs is 2. The second kappa shape index (κ2) is 17.6. The Hall–Kier alpha value is -6.11. The number of nitrogens with zero attached hydrogens (tertiary/aromatic N) is 7. The van der Waals surface area contributed by atoms with Gasteiger partial charge in [-0.1, -0.05) is 17.7 Å². The van der Waals surface area contributed by atoms with Gasteiger partial charge in [0.1, 0.15) is 11.3 Å². The molecule has 4 N–H and O–H groups in total. The van der Waals surface area contributed by atoms with Gasteiger partial charge in [0.05, 0.1) is 40.2 Å². The Morgan fingerprint density at radius 2 is 1.70 bits per heavy atom. The van der Waals surface area contributed by atoms with Crippen LogP contribution in [0.5, 0.6) is 5.75 Å². The molecule has 5 heterocycles. The summed E-state index contributed by atoms with van der Waals surface area (Å²) in [7, 11) is 4.60. The maximum absolute atomic E-state index is 13.6. The van der Waals surface area contributed by atoms with Crippen molar-refractivity contribution in [2.75, 3.05) is 81.6 Å². The number of hydrogen-bond acceptors (Lipinski definition) is 14. The highest BCUT2D eigenvalue weighted by atomic mass is 35.5. The topological polar surface area (TPSA) is 212 Å². The van der Waals surface area contributed by atoms with Crippen LogP contribution in [0.1, 0.15) is 46.4 Å². The second-order valence-electron chi connectivity index (χ2n) is 15.2. The van der Waals surface area contributed by atoms with Gasteiger partial charge < -0.3 is 45.0 Å². The zero-order chi connectivity index (χ0) is 42.7. The summed E-state index contributed by atoms with van der Waals surface area (Å²) >= 11 is 6.54. The third kappa shape index (κ3) is 8.62. The number of aryl methyl sites for hydroxylation is 1. The summed E-state index contributed by atoms with van der Waals surface area (Å²) in [4.78, 5) is 91.7. The lowest BCUT2D eigenvalue weighted by molar-refractivity contribution is -0.123. The first-order chi connectivity index (χ1) is 28.8. The van der Waals surface area contributed by atoms with Crippen LogP contribution in [0.25, 0.3) is 10.9 Å². The lowest BCUT2D eigenvalue weighted by atomic mass is 9.90. The highest BCUT2D eigenvalue weighted by molar-refractivity contribution is 6.33. The number of halogens is 1. The van der Waals surface area contributed by atoms with Crippen molar-refractivity contribution in [3.05, 3.63) is 75.2 Å². The van der Waals surface area contributed by atoms with Crippen LogP contribution in [0.3, 0.4) is 0 Å². The third-order valence-corrected chi connectivity index (χ3v) is 11.7. The van der Waals surface area contributed by atoms with Gasteiger partial charge in [-0.2, -0.15) is 4.98 Å². The number of carbonyl (C=O) groups is 5. The van der Waals surface area contributed by atoms with Crippen molar-refractivity contribution in [3.63, 3.8) is 0 Å². The minimum atomic E-state index is -1.05. The van der Waals surface area contributed by atoms with Crippen molar-refractivity contribution in [3.8, 4) is 5.75 Å². The molecule has 4 amide bonds. The van der Waals surface area contributed by atoms with Crippen LogP contribution in [0.2, 0.25) is 5.02 Å². The SMILES string of the molecule is CNC(=O)CCC(C=O)N1C(=O)c2cccc(N3CCN(CC4(O)CCN(c5ncc(Cl)c(Nc6ccc7c(c6)cc(OCC(=O)NC)c(=O)n7C)n5)CC4)CC3)c2C1=O. The van der Waals surface area contributed by atoms with Gasteiger partial charge in [0, 0.05) is 84.5 Å². The van der Waals surface area contributed by atoms with Crippen molar-refractivity contribution < 1.29 is 33.8 Å². The van der Waals surface area contributed by atoms with Gasteiger partial charge in [-0.3, -0.25) is 33.8 Å². The zero-order valence-corrected chi connectivity index (χ0v) is 34.3. The van der Waals surface area contributed by atoms with E-state index >= 15 is 0 Å². The lowest BCUT2D eigenvalue weighted by Crippen LogP contribution is -2.55. The Balaban J connectivity index is 0.952. The number of nitrogens with one attached hydrogen (secondary N) is 3. The largest absolute Gasteiger partial charge is 0.478 e. The first-order valence-corrected chi connectivity index (χ1v) is 20.1. The first-order valence-electron chi connectivity index (χ1n) is 19.7. The molecule has 316 valence electrons. The van der Waals surface area contributed by atoms with E-state index in [0.717, 1.165) is 4.90 Å². The van der Waals surface area contributed by atoms with Crippen molar-refractivity contribution in [2.45, 2.75) is 37.3 Å². The molecule has 2 fully saturated rings. The predicted molar refractivity (Wildman–Crippen MR) is 224 cm³/mol. The molecule has 1 unspecified atom stereocenters. The Morgan fingerprint density at radius 1 is 0.967 bits per heavy atom. The number of piperidine rings is 1. The Bertz CT molecular complexity index is 2390. The van der Waals surface area contributed by atoms with Gasteiger partial charge in [-0.05, 0) is 55.7 Å². The molecule has 0 aliphatic carbocycles. The highest BCUT2D eigenvalue weighted by Crippen LogP contribution is 2.35. The summed E-state index contributed by atoms with van der Waals surface area (Å²) in [5, 5.41) is 20.9. The number of aldehydes is 1. The molecule has 60 heavy (non-hydrogen) atoms. The fourth-order valence-corrected chi connectivity index (χ4v) is 8.08. The van der Waals surface area contributed by atoms with Gasteiger partial charge in [0.15, 0.2) is 18.2 Å². The van der Waals surface area contributed by atoms with Crippen LogP contribution in [-0.2, 0) is 21.4 Å². The molecular formula is C41H47ClN10O8. The summed E-state index contributed by atoms with van der Waals surface area (Å²) in [5.74, 6) is -0.850.